The van der Waals surface area contributed by atoms with Gasteiger partial charge in [-0.25, -0.2) is 28.4 Å². The number of hydrogen-bond donors (Lipinski definition) is 1. The zero-order valence-corrected chi connectivity index (χ0v) is 21.8. The third-order valence-electron chi connectivity index (χ3n) is 6.70. The highest BCUT2D eigenvalue weighted by Gasteiger charge is 2.35. The van der Waals surface area contributed by atoms with Crippen LogP contribution in [-0.2, 0) is 20.3 Å². The summed E-state index contributed by atoms with van der Waals surface area (Å²) in [6.07, 6.45) is 4.56. The van der Waals surface area contributed by atoms with E-state index in [9.17, 15) is 8.42 Å². The molecule has 0 bridgehead atoms. The van der Waals surface area contributed by atoms with Crippen LogP contribution in [-0.4, -0.2) is 96.3 Å². The number of nitrogens with zero attached hydrogens (tertiary/aromatic N) is 7. The number of morpholine rings is 1. The fourth-order valence-electron chi connectivity index (χ4n) is 4.52. The number of thiophene rings is 1. The van der Waals surface area contributed by atoms with Gasteiger partial charge in [0.2, 0.25) is 16.0 Å². The number of sulfonamides is 1. The highest BCUT2D eigenvalue weighted by Crippen LogP contribution is 2.41. The maximum Gasteiger partial charge on any atom is 0.219 e. The number of nitrogens with two attached hydrogens (primary N) is 1. The second-order valence-corrected chi connectivity index (χ2v) is 12.4. The van der Waals surface area contributed by atoms with Crippen molar-refractivity contribution < 1.29 is 13.2 Å². The van der Waals surface area contributed by atoms with Gasteiger partial charge in [-0.3, -0.25) is 4.90 Å². The van der Waals surface area contributed by atoms with E-state index in [1.165, 1.54) is 6.26 Å². The quantitative estimate of drug-likeness (QED) is 0.528. The van der Waals surface area contributed by atoms with Crippen molar-refractivity contribution in [3.63, 3.8) is 0 Å². The normalized spacial score (nSPS) is 18.9. The molecule has 2 fully saturated rings. The summed E-state index contributed by atoms with van der Waals surface area (Å²) < 4.78 is 32.0. The Kier molecular flexibility index (Phi) is 6.38. The van der Waals surface area contributed by atoms with Crippen LogP contribution in [0, 0.1) is 0 Å². The molecule has 0 aliphatic carbocycles. The minimum atomic E-state index is -3.17. The summed E-state index contributed by atoms with van der Waals surface area (Å²) in [6.45, 7) is 9.52. The summed E-state index contributed by atoms with van der Waals surface area (Å²) in [5.74, 6) is 1.65. The molecule has 3 aromatic rings. The van der Waals surface area contributed by atoms with Crippen molar-refractivity contribution >= 4 is 43.3 Å². The molecule has 2 aliphatic heterocycles. The molecule has 5 heterocycles. The van der Waals surface area contributed by atoms with Crippen LogP contribution in [0.2, 0.25) is 0 Å². The molecule has 0 aromatic carbocycles. The van der Waals surface area contributed by atoms with Crippen molar-refractivity contribution in [2.24, 2.45) is 0 Å². The molecule has 0 unspecified atom stereocenters. The zero-order chi connectivity index (χ0) is 24.8. The van der Waals surface area contributed by atoms with E-state index in [2.05, 4.69) is 39.7 Å². The lowest BCUT2D eigenvalue weighted by Crippen LogP contribution is -2.54. The standard InChI is InChI=1S/C22H30N8O3S2/c1-22(2,29-4-6-30(7-5-29)35(3,31)32)17-12-16-18(34-17)20(28-8-10-33-11-9-28)27-19(26-16)15-13-24-21(23)25-14-15/h12-14H,4-11H2,1-3H3,(H2,23,24,25). The molecule has 2 N–H and O–H groups in total. The monoisotopic (exact) mass is 518 g/mol. The smallest absolute Gasteiger partial charge is 0.219 e. The molecule has 0 spiro atoms. The van der Waals surface area contributed by atoms with E-state index in [4.69, 9.17) is 20.4 Å². The van der Waals surface area contributed by atoms with Gasteiger partial charge < -0.3 is 15.4 Å². The van der Waals surface area contributed by atoms with Gasteiger partial charge in [0.25, 0.3) is 0 Å². The average Bonchev–Trinajstić information content (AvgIpc) is 3.29. The van der Waals surface area contributed by atoms with E-state index < -0.39 is 10.0 Å². The highest BCUT2D eigenvalue weighted by atomic mass is 32.2. The molecule has 0 atom stereocenters. The number of rotatable bonds is 5. The number of aromatic nitrogens is 4. The number of piperazine rings is 1. The van der Waals surface area contributed by atoms with Crippen LogP contribution in [0.3, 0.4) is 0 Å². The summed E-state index contributed by atoms with van der Waals surface area (Å²) in [6, 6.07) is 2.14. The Balaban J connectivity index is 1.53. The number of fused-ring (bicyclic) bond motifs is 1. The third kappa shape index (κ3) is 4.83. The molecule has 13 heteroatoms. The van der Waals surface area contributed by atoms with Crippen LogP contribution in [0.5, 0.6) is 0 Å². The van der Waals surface area contributed by atoms with Gasteiger partial charge in [-0.1, -0.05) is 0 Å². The topological polar surface area (TPSA) is 131 Å². The van der Waals surface area contributed by atoms with Crippen LogP contribution in [0.25, 0.3) is 21.6 Å². The Labute approximate surface area is 209 Å². The van der Waals surface area contributed by atoms with E-state index in [0.29, 0.717) is 50.8 Å². The largest absolute Gasteiger partial charge is 0.378 e. The van der Waals surface area contributed by atoms with Crippen LogP contribution >= 0.6 is 11.3 Å². The van der Waals surface area contributed by atoms with Gasteiger partial charge in [0.05, 0.1) is 35.2 Å². The van der Waals surface area contributed by atoms with Gasteiger partial charge >= 0.3 is 0 Å². The first-order valence-electron chi connectivity index (χ1n) is 11.6. The predicted molar refractivity (Wildman–Crippen MR) is 137 cm³/mol. The van der Waals surface area contributed by atoms with Crippen molar-refractivity contribution in [1.82, 2.24) is 29.1 Å². The predicted octanol–water partition coefficient (Wildman–Crippen LogP) is 1.38. The average molecular weight is 519 g/mol. The SMILES string of the molecule is CC(C)(c1cc2nc(-c3cnc(N)nc3)nc(N3CCOCC3)c2s1)N1CCN(S(C)(=O)=O)CC1. The molecule has 0 radical (unpaired) electrons. The zero-order valence-electron chi connectivity index (χ0n) is 20.1. The van der Waals surface area contributed by atoms with Crippen molar-refractivity contribution in [3.8, 4) is 11.4 Å². The highest BCUT2D eigenvalue weighted by molar-refractivity contribution is 7.88. The molecule has 11 nitrogen and oxygen atoms in total. The van der Waals surface area contributed by atoms with Gasteiger partial charge in [-0.2, -0.15) is 4.31 Å². The Morgan fingerprint density at radius 1 is 1.03 bits per heavy atom. The lowest BCUT2D eigenvalue weighted by molar-refractivity contribution is 0.0805. The van der Waals surface area contributed by atoms with E-state index in [1.54, 1.807) is 28.0 Å². The van der Waals surface area contributed by atoms with Crippen LogP contribution in [0.1, 0.15) is 18.7 Å². The van der Waals surface area contributed by atoms with Crippen molar-refractivity contribution in [2.75, 3.05) is 69.4 Å². The molecule has 3 aromatic heterocycles. The summed E-state index contributed by atoms with van der Waals surface area (Å²) in [7, 11) is -3.17. The lowest BCUT2D eigenvalue weighted by Gasteiger charge is -2.43. The number of anilines is 2. The third-order valence-corrected chi connectivity index (χ3v) is 9.43. The molecular formula is C22H30N8O3S2. The van der Waals surface area contributed by atoms with Crippen molar-refractivity contribution in [3.05, 3.63) is 23.3 Å². The summed E-state index contributed by atoms with van der Waals surface area (Å²) in [5, 5.41) is 0. The Bertz CT molecular complexity index is 1310. The second kappa shape index (κ2) is 9.21. The maximum absolute atomic E-state index is 12.0. The number of ether oxygens (including phenoxy) is 1. The molecule has 5 rings (SSSR count). The minimum Gasteiger partial charge on any atom is -0.378 e. The molecule has 0 amide bonds. The summed E-state index contributed by atoms with van der Waals surface area (Å²) in [4.78, 5) is 23.8. The minimum absolute atomic E-state index is 0.207. The van der Waals surface area contributed by atoms with Gasteiger partial charge in [0, 0.05) is 62.1 Å². The van der Waals surface area contributed by atoms with E-state index in [1.807, 2.05) is 0 Å². The molecule has 188 valence electrons. The Morgan fingerprint density at radius 2 is 1.69 bits per heavy atom. The summed E-state index contributed by atoms with van der Waals surface area (Å²) in [5.41, 5.74) is 6.96. The van der Waals surface area contributed by atoms with Crippen molar-refractivity contribution in [1.29, 1.82) is 0 Å². The van der Waals surface area contributed by atoms with E-state index in [-0.39, 0.29) is 11.5 Å². The van der Waals surface area contributed by atoms with E-state index >= 15 is 0 Å². The van der Waals surface area contributed by atoms with Crippen molar-refractivity contribution in [2.45, 2.75) is 19.4 Å². The fraction of sp³-hybridized carbons (Fsp3) is 0.545. The number of nitrogen functional groups attached to an aromatic ring is 1. The molecular weight excluding hydrogens is 488 g/mol. The molecule has 2 saturated heterocycles. The first-order valence-corrected chi connectivity index (χ1v) is 14.2. The maximum atomic E-state index is 12.0. The van der Waals surface area contributed by atoms with Crippen LogP contribution < -0.4 is 10.6 Å². The first kappa shape index (κ1) is 24.3. The van der Waals surface area contributed by atoms with Gasteiger partial charge in [0.15, 0.2) is 11.6 Å². The Hall–Kier alpha value is -2.45. The Morgan fingerprint density at radius 3 is 2.31 bits per heavy atom. The fourth-order valence-corrected chi connectivity index (χ4v) is 6.59. The lowest BCUT2D eigenvalue weighted by atomic mass is 9.99. The number of hydrogen-bond acceptors (Lipinski definition) is 11. The second-order valence-electron chi connectivity index (χ2n) is 9.33. The van der Waals surface area contributed by atoms with Gasteiger partial charge in [-0.05, 0) is 19.9 Å². The molecule has 2 aliphatic rings. The molecule has 35 heavy (non-hydrogen) atoms. The summed E-state index contributed by atoms with van der Waals surface area (Å²) >= 11 is 1.70. The van der Waals surface area contributed by atoms with Crippen LogP contribution in [0.4, 0.5) is 11.8 Å². The van der Waals surface area contributed by atoms with E-state index in [0.717, 1.165) is 34.0 Å². The van der Waals surface area contributed by atoms with Crippen LogP contribution in [0.15, 0.2) is 18.5 Å². The van der Waals surface area contributed by atoms with Gasteiger partial charge in [-0.15, -0.1) is 11.3 Å². The molecule has 0 saturated carbocycles. The first-order chi connectivity index (χ1) is 16.6. The van der Waals surface area contributed by atoms with Gasteiger partial charge in [0.1, 0.15) is 0 Å².